The van der Waals surface area contributed by atoms with E-state index in [0.29, 0.717) is 47.0 Å². The van der Waals surface area contributed by atoms with Crippen molar-refractivity contribution in [2.45, 2.75) is 69.6 Å². The zero-order valence-electron chi connectivity index (χ0n) is 37.5. The van der Waals surface area contributed by atoms with Crippen molar-refractivity contribution in [3.05, 3.63) is 106 Å². The van der Waals surface area contributed by atoms with Gasteiger partial charge in [0.2, 0.25) is 17.6 Å². The van der Waals surface area contributed by atoms with E-state index in [4.69, 9.17) is 0 Å². The number of H-pyrrole nitrogens is 1. The molecule has 0 saturated carbocycles. The van der Waals surface area contributed by atoms with Gasteiger partial charge in [-0.3, -0.25) is 29.2 Å². The van der Waals surface area contributed by atoms with Crippen molar-refractivity contribution in [1.82, 2.24) is 29.4 Å². The van der Waals surface area contributed by atoms with Crippen molar-refractivity contribution < 1.29 is 40.8 Å². The smallest absolute Gasteiger partial charge is 0.301 e. The molecule has 2 atom stereocenters. The third-order valence-electron chi connectivity index (χ3n) is 14.4. The predicted molar refractivity (Wildman–Crippen MR) is 250 cm³/mol. The quantitative estimate of drug-likeness (QED) is 0.0815. The Kier molecular flexibility index (Phi) is 12.2. The second kappa shape index (κ2) is 18.3. The summed E-state index contributed by atoms with van der Waals surface area (Å²) in [6.07, 6.45) is 6.36. The number of aromatic amines is 1. The molecular formula is C49H52F3N9O6S. The number of fused-ring (bicyclic) bond motifs is 2. The van der Waals surface area contributed by atoms with Crippen LogP contribution in [0.4, 0.5) is 30.2 Å². The van der Waals surface area contributed by atoms with Gasteiger partial charge in [0.05, 0.1) is 22.6 Å². The van der Waals surface area contributed by atoms with Gasteiger partial charge in [-0.05, 0) is 117 Å². The van der Waals surface area contributed by atoms with Gasteiger partial charge in [-0.25, -0.2) is 18.2 Å². The zero-order chi connectivity index (χ0) is 47.4. The number of rotatable bonds is 12. The Morgan fingerprint density at radius 1 is 0.882 bits per heavy atom. The van der Waals surface area contributed by atoms with Crippen LogP contribution in [-0.2, 0) is 26.3 Å². The lowest BCUT2D eigenvalue weighted by atomic mass is 9.87. The molecular weight excluding hydrogens is 900 g/mol. The molecule has 10 rings (SSSR count). The van der Waals surface area contributed by atoms with Crippen LogP contribution >= 0.6 is 0 Å². The number of carbonyl (C=O) groups excluding carboxylic acids is 4. The molecule has 4 saturated heterocycles. The first-order valence-electron chi connectivity index (χ1n) is 23.2. The molecule has 0 radical (unpaired) electrons. The first kappa shape index (κ1) is 45.5. The van der Waals surface area contributed by atoms with Gasteiger partial charge in [0.1, 0.15) is 23.7 Å². The molecule has 3 aromatic carbocycles. The summed E-state index contributed by atoms with van der Waals surface area (Å²) in [4.78, 5) is 65.2. The van der Waals surface area contributed by atoms with Gasteiger partial charge in [-0.2, -0.15) is 12.7 Å². The first-order valence-corrected chi connectivity index (χ1v) is 24.7. The number of benzene rings is 3. The van der Waals surface area contributed by atoms with E-state index in [9.17, 15) is 32.0 Å². The number of alkyl halides is 1. The minimum absolute atomic E-state index is 0.000972. The number of imide groups is 1. The molecule has 3 amide bonds. The summed E-state index contributed by atoms with van der Waals surface area (Å²) >= 11 is 0. The Morgan fingerprint density at radius 3 is 2.41 bits per heavy atom. The van der Waals surface area contributed by atoms with Crippen LogP contribution < -0.4 is 20.3 Å². The topological polar surface area (TPSA) is 180 Å². The number of piperidine rings is 3. The number of hydrogen-bond donors (Lipinski definition) is 4. The molecule has 4 fully saturated rings. The van der Waals surface area contributed by atoms with E-state index in [-0.39, 0.29) is 43.3 Å². The molecule has 5 aliphatic heterocycles. The van der Waals surface area contributed by atoms with Gasteiger partial charge in [-0.15, -0.1) is 0 Å². The third kappa shape index (κ3) is 8.70. The van der Waals surface area contributed by atoms with Crippen molar-refractivity contribution in [2.24, 2.45) is 5.92 Å². The number of nitrogens with zero attached hydrogens (tertiary/aromatic N) is 5. The molecule has 4 N–H and O–H groups in total. The maximum atomic E-state index is 15.8. The van der Waals surface area contributed by atoms with E-state index < -0.39 is 57.0 Å². The normalized spacial score (nSPS) is 21.1. The van der Waals surface area contributed by atoms with E-state index in [2.05, 4.69) is 48.6 Å². The van der Waals surface area contributed by atoms with Crippen LogP contribution in [-0.4, -0.2) is 121 Å². The van der Waals surface area contributed by atoms with Gasteiger partial charge in [-0.1, -0.05) is 18.2 Å². The highest BCUT2D eigenvalue weighted by Crippen LogP contribution is 2.38. The number of amides is 3. The molecule has 19 heteroatoms. The van der Waals surface area contributed by atoms with Crippen LogP contribution in [0, 0.1) is 17.6 Å². The van der Waals surface area contributed by atoms with Crippen LogP contribution in [0.1, 0.15) is 88.3 Å². The standard InChI is InChI=1S/C49H52F3N9O6S/c1-53-40-22-31(32-21-36-37(24-55-47(36)54-23-32)46(63)44-38(51)5-6-39(45(44)52)57-68(66,67)60-19-14-34(50)27-60)3-7-41(40)59-17-10-28(11-18-59)25-58-15-12-29(13-16-58)30-2-4-35-33(20-30)26-61(49(35)65)42-8-9-43(62)56-48(42)64/h2-7,20-24,28-29,34,42,53,57H,8-19,25-27H2,1H3,(H,54,55)(H,56,62,64)/t34-,42?/m1/s1. The lowest BCUT2D eigenvalue weighted by Crippen LogP contribution is -2.52. The van der Waals surface area contributed by atoms with Crippen LogP contribution in [0.25, 0.3) is 22.2 Å². The molecule has 5 aliphatic rings. The van der Waals surface area contributed by atoms with Gasteiger partial charge in [0.25, 0.3) is 5.91 Å². The molecule has 356 valence electrons. The second-order valence-electron chi connectivity index (χ2n) is 18.6. The summed E-state index contributed by atoms with van der Waals surface area (Å²) in [7, 11) is -2.50. The summed E-state index contributed by atoms with van der Waals surface area (Å²) in [5, 5.41) is 6.04. The van der Waals surface area contributed by atoms with Crippen molar-refractivity contribution in [3.8, 4) is 11.1 Å². The minimum atomic E-state index is -4.36. The fraction of sp³-hybridized carbons (Fsp3) is 0.408. The highest BCUT2D eigenvalue weighted by molar-refractivity contribution is 7.90. The Hall–Kier alpha value is -6.31. The Balaban J connectivity index is 0.754. The SMILES string of the molecule is CNc1cc(-c2cnc3[nH]cc(C(=O)c4c(F)ccc(NS(=O)(=O)N5CC[C@@H](F)C5)c4F)c3c2)ccc1N1CCC(CN2CCC(c3ccc4c(c3)CN(C3CCC(=O)NC3=O)C4=O)CC2)CC1. The van der Waals surface area contributed by atoms with E-state index in [1.807, 2.05) is 30.0 Å². The molecule has 1 unspecified atom stereocenters. The Labute approximate surface area is 391 Å². The Bertz CT molecular complexity index is 2950. The van der Waals surface area contributed by atoms with Gasteiger partial charge in [0, 0.05) is 87.2 Å². The highest BCUT2D eigenvalue weighted by Gasteiger charge is 2.40. The molecule has 68 heavy (non-hydrogen) atoms. The maximum Gasteiger partial charge on any atom is 0.301 e. The van der Waals surface area contributed by atoms with E-state index in [0.717, 1.165) is 97.3 Å². The number of ketones is 1. The van der Waals surface area contributed by atoms with Crippen LogP contribution in [0.3, 0.4) is 0 Å². The maximum absolute atomic E-state index is 15.8. The van der Waals surface area contributed by atoms with E-state index in [1.54, 1.807) is 17.2 Å². The lowest BCUT2D eigenvalue weighted by molar-refractivity contribution is -0.136. The molecule has 7 heterocycles. The predicted octanol–water partition coefficient (Wildman–Crippen LogP) is 6.34. The average molecular weight is 952 g/mol. The lowest BCUT2D eigenvalue weighted by Gasteiger charge is -2.39. The fourth-order valence-electron chi connectivity index (χ4n) is 10.6. The molecule has 5 aromatic rings. The van der Waals surface area contributed by atoms with Gasteiger partial charge < -0.3 is 25.0 Å². The van der Waals surface area contributed by atoms with Crippen LogP contribution in [0.5, 0.6) is 0 Å². The summed E-state index contributed by atoms with van der Waals surface area (Å²) in [5.41, 5.74) is 4.97. The van der Waals surface area contributed by atoms with Crippen molar-refractivity contribution >= 4 is 61.8 Å². The molecule has 2 aromatic heterocycles. The van der Waals surface area contributed by atoms with E-state index in [1.165, 1.54) is 11.8 Å². The number of pyridine rings is 1. The highest BCUT2D eigenvalue weighted by atomic mass is 32.2. The average Bonchev–Trinajstić information content (AvgIpc) is 4.07. The number of aromatic nitrogens is 2. The minimum Gasteiger partial charge on any atom is -0.386 e. The fourth-order valence-corrected chi connectivity index (χ4v) is 11.9. The second-order valence-corrected chi connectivity index (χ2v) is 20.3. The molecule has 0 bridgehead atoms. The summed E-state index contributed by atoms with van der Waals surface area (Å²) in [6, 6.07) is 15.0. The molecule has 0 spiro atoms. The van der Waals surface area contributed by atoms with E-state index >= 15 is 8.78 Å². The number of halogens is 3. The summed E-state index contributed by atoms with van der Waals surface area (Å²) < 4.78 is 73.4. The van der Waals surface area contributed by atoms with Crippen molar-refractivity contribution in [3.63, 3.8) is 0 Å². The third-order valence-corrected chi connectivity index (χ3v) is 15.9. The van der Waals surface area contributed by atoms with Crippen LogP contribution in [0.15, 0.2) is 67.0 Å². The molecule has 15 nitrogen and oxygen atoms in total. The largest absolute Gasteiger partial charge is 0.386 e. The number of anilines is 3. The molecule has 0 aliphatic carbocycles. The van der Waals surface area contributed by atoms with Crippen molar-refractivity contribution in [2.75, 3.05) is 67.8 Å². The summed E-state index contributed by atoms with van der Waals surface area (Å²) in [6.45, 7) is 4.73. The first-order chi connectivity index (χ1) is 32.7. The number of nitrogens with one attached hydrogen (secondary N) is 4. The number of likely N-dealkylation sites (tertiary alicyclic amines) is 1. The summed E-state index contributed by atoms with van der Waals surface area (Å²) in [5.74, 6) is -3.44. The number of carbonyl (C=O) groups is 4. The monoisotopic (exact) mass is 951 g/mol. The van der Waals surface area contributed by atoms with Gasteiger partial charge >= 0.3 is 10.2 Å². The Morgan fingerprint density at radius 2 is 1.68 bits per heavy atom. The van der Waals surface area contributed by atoms with Crippen LogP contribution in [0.2, 0.25) is 0 Å². The van der Waals surface area contributed by atoms with Crippen molar-refractivity contribution in [1.29, 1.82) is 0 Å². The number of hydrogen-bond acceptors (Lipinski definition) is 10. The zero-order valence-corrected chi connectivity index (χ0v) is 38.3. The van der Waals surface area contributed by atoms with Gasteiger partial charge in [0.15, 0.2) is 5.82 Å².